The summed E-state index contributed by atoms with van der Waals surface area (Å²) in [6.07, 6.45) is 0. The van der Waals surface area contributed by atoms with Crippen molar-refractivity contribution in [3.8, 4) is 0 Å². The van der Waals surface area contributed by atoms with Gasteiger partial charge in [0.2, 0.25) is 0 Å². The first-order valence-electron chi connectivity index (χ1n) is 2.91. The maximum Gasteiger partial charge on any atom is 0.0882 e. The molecule has 0 bridgehead atoms. The lowest BCUT2D eigenvalue weighted by atomic mass is 10.2. The fourth-order valence-electron chi connectivity index (χ4n) is 0.834. The van der Waals surface area contributed by atoms with E-state index in [1.54, 1.807) is 0 Å². The Bertz CT molecular complexity index is 337. The van der Waals surface area contributed by atoms with Crippen molar-refractivity contribution < 1.29 is 0 Å². The molecule has 0 saturated carbocycles. The molecule has 0 fully saturated rings. The second-order valence-electron chi connectivity index (χ2n) is 2.06. The van der Waals surface area contributed by atoms with Gasteiger partial charge in [0.15, 0.2) is 0 Å². The van der Waals surface area contributed by atoms with E-state index in [0.29, 0.717) is 0 Å². The molecule has 1 aromatic carbocycles. The van der Waals surface area contributed by atoms with Crippen LogP contribution in [0.1, 0.15) is 5.56 Å². The van der Waals surface area contributed by atoms with E-state index < -0.39 is 0 Å². The summed E-state index contributed by atoms with van der Waals surface area (Å²) in [6, 6.07) is 6.28. The van der Waals surface area contributed by atoms with E-state index in [-0.39, 0.29) is 19.3 Å². The molecule has 0 saturated heterocycles. The Balaban J connectivity index is 2.60. The molecule has 0 aromatic heterocycles. The van der Waals surface area contributed by atoms with Gasteiger partial charge in [-0.05, 0) is 37.5 Å². The Morgan fingerprint density at radius 3 is 3.09 bits per heavy atom. The predicted octanol–water partition coefficient (Wildman–Crippen LogP) is 4.16. The monoisotopic (exact) mass is 360 g/mol. The molecule has 11 heavy (non-hydrogen) atoms. The highest BCUT2D eigenvalue weighted by Gasteiger charge is 2.13. The molecule has 0 atom stereocenters. The second-order valence-corrected chi connectivity index (χ2v) is 8.46. The fourth-order valence-corrected chi connectivity index (χ4v) is 6.38. The van der Waals surface area contributed by atoms with Crippen LogP contribution in [-0.4, -0.2) is 2.97 Å². The van der Waals surface area contributed by atoms with Gasteiger partial charge in [-0.1, -0.05) is 36.5 Å². The Kier molecular flexibility index (Phi) is 2.61. The van der Waals surface area contributed by atoms with Gasteiger partial charge in [0.05, 0.1) is 2.97 Å². The number of halogens is 3. The first-order chi connectivity index (χ1) is 5.27. The minimum atomic E-state index is 0.0149. The van der Waals surface area contributed by atoms with Gasteiger partial charge in [-0.3, -0.25) is 0 Å². The lowest BCUT2D eigenvalue weighted by molar-refractivity contribution is 1.43. The molecule has 2 rings (SSSR count). The zero-order valence-electron chi connectivity index (χ0n) is 5.27. The van der Waals surface area contributed by atoms with Crippen molar-refractivity contribution in [2.45, 2.75) is 4.90 Å². The molecule has 4 heteroatoms. The van der Waals surface area contributed by atoms with Crippen molar-refractivity contribution in [3.05, 3.63) is 28.2 Å². The van der Waals surface area contributed by atoms with Crippen molar-refractivity contribution >= 4 is 58.8 Å². The summed E-state index contributed by atoms with van der Waals surface area (Å²) < 4.78 is 2.19. The molecule has 0 unspecified atom stereocenters. The van der Waals surface area contributed by atoms with E-state index in [0.717, 1.165) is 7.44 Å². The second kappa shape index (κ2) is 3.36. The number of hydrogen-bond acceptors (Lipinski definition) is 1. The third kappa shape index (κ3) is 1.66. The quantitative estimate of drug-likeness (QED) is 0.626. The van der Waals surface area contributed by atoms with E-state index in [4.69, 9.17) is 11.6 Å². The van der Waals surface area contributed by atoms with Crippen LogP contribution < -0.4 is 0 Å². The predicted molar refractivity (Wildman–Crippen MR) is 64.0 cm³/mol. The van der Waals surface area contributed by atoms with Crippen molar-refractivity contribution in [2.75, 3.05) is 0 Å². The Labute approximate surface area is 91.0 Å². The number of fused-ring (bicyclic) bond motifs is 1. The van der Waals surface area contributed by atoms with Gasteiger partial charge in [-0.15, -0.1) is 0 Å². The third-order valence-electron chi connectivity index (χ3n) is 1.33. The van der Waals surface area contributed by atoms with Gasteiger partial charge in [-0.25, -0.2) is 0 Å². The first-order valence-corrected chi connectivity index (χ1v) is 8.52. The van der Waals surface area contributed by atoms with E-state index in [9.17, 15) is 0 Å². The summed E-state index contributed by atoms with van der Waals surface area (Å²) in [4.78, 5) is 1.34. The number of hydrogen-bond donors (Lipinski definition) is 0. The standard InChI is InChI=1S/C7H3BrClIS/c8-4-1-2-6-5(3-4)7(9)10-11-6/h1-3H. The average Bonchev–Trinajstić information content (AvgIpc) is 2.33. The van der Waals surface area contributed by atoms with Crippen LogP contribution >= 0.6 is 55.8 Å². The molecule has 1 heterocycles. The zero-order chi connectivity index (χ0) is 7.84. The van der Waals surface area contributed by atoms with Crippen LogP contribution in [0.25, 0.3) is 0 Å². The highest BCUT2D eigenvalue weighted by Crippen LogP contribution is 2.44. The van der Waals surface area contributed by atoms with Gasteiger partial charge >= 0.3 is 0 Å². The van der Waals surface area contributed by atoms with Crippen molar-refractivity contribution in [3.63, 3.8) is 0 Å². The summed E-state index contributed by atoms with van der Waals surface area (Å²) in [5.74, 6) is 0. The zero-order valence-corrected chi connectivity index (χ0v) is 10.6. The molecular formula is C7H3BrClIS. The van der Waals surface area contributed by atoms with Gasteiger partial charge < -0.3 is 0 Å². The molecule has 0 spiro atoms. The van der Waals surface area contributed by atoms with Crippen molar-refractivity contribution in [1.82, 2.24) is 0 Å². The van der Waals surface area contributed by atoms with E-state index in [2.05, 4.69) is 34.1 Å². The highest BCUT2D eigenvalue weighted by atomic mass is 127. The average molecular weight is 361 g/mol. The van der Waals surface area contributed by atoms with Gasteiger partial charge in [-0.2, -0.15) is 0 Å². The van der Waals surface area contributed by atoms with Crippen LogP contribution in [0.3, 0.4) is 0 Å². The topological polar surface area (TPSA) is 0 Å². The maximum atomic E-state index is 6.04. The SMILES string of the molecule is ClC1=ISc2ccc(Br)cc21. The fraction of sp³-hybridized carbons (Fsp3) is 0. The molecule has 0 radical (unpaired) electrons. The highest BCUT2D eigenvalue weighted by molar-refractivity contribution is 14.2. The van der Waals surface area contributed by atoms with E-state index in [1.165, 1.54) is 10.5 Å². The van der Waals surface area contributed by atoms with Crippen LogP contribution in [-0.2, 0) is 0 Å². The van der Waals surface area contributed by atoms with Gasteiger partial charge in [0, 0.05) is 14.9 Å². The molecule has 1 aliphatic rings. The molecule has 0 aliphatic carbocycles. The lowest BCUT2D eigenvalue weighted by Gasteiger charge is -1.97. The summed E-state index contributed by atoms with van der Waals surface area (Å²) in [5.41, 5.74) is 1.24. The van der Waals surface area contributed by atoms with Crippen LogP contribution in [0, 0.1) is 0 Å². The maximum absolute atomic E-state index is 6.04. The molecular weight excluding hydrogens is 358 g/mol. The Hall–Kier alpha value is 0.940. The van der Waals surface area contributed by atoms with Gasteiger partial charge in [0.1, 0.15) is 0 Å². The lowest BCUT2D eigenvalue weighted by Crippen LogP contribution is -1.85. The molecule has 1 aliphatic heterocycles. The van der Waals surface area contributed by atoms with Crippen LogP contribution in [0.2, 0.25) is 0 Å². The minimum absolute atomic E-state index is 0.0149. The van der Waals surface area contributed by atoms with Crippen molar-refractivity contribution in [2.24, 2.45) is 0 Å². The molecule has 1 aromatic rings. The summed E-state index contributed by atoms with van der Waals surface area (Å²) in [6.45, 7) is 0. The number of benzene rings is 1. The summed E-state index contributed by atoms with van der Waals surface area (Å²) in [5, 5.41) is 0. The molecule has 0 nitrogen and oxygen atoms in total. The van der Waals surface area contributed by atoms with E-state index >= 15 is 0 Å². The van der Waals surface area contributed by atoms with Crippen molar-refractivity contribution in [1.29, 1.82) is 0 Å². The van der Waals surface area contributed by atoms with Crippen LogP contribution in [0.15, 0.2) is 27.6 Å². The van der Waals surface area contributed by atoms with Crippen LogP contribution in [0.5, 0.6) is 0 Å². The molecule has 0 amide bonds. The first kappa shape index (κ1) is 8.53. The third-order valence-corrected chi connectivity index (χ3v) is 7.77. The molecule has 0 N–H and O–H groups in total. The van der Waals surface area contributed by atoms with Gasteiger partial charge in [0.25, 0.3) is 0 Å². The Morgan fingerprint density at radius 1 is 1.45 bits per heavy atom. The summed E-state index contributed by atoms with van der Waals surface area (Å²) >= 11 is 9.48. The van der Waals surface area contributed by atoms with Crippen LogP contribution in [0.4, 0.5) is 0 Å². The number of rotatable bonds is 0. The molecule has 58 valence electrons. The smallest absolute Gasteiger partial charge is 0.0764 e. The normalized spacial score (nSPS) is 15.3. The summed E-state index contributed by atoms with van der Waals surface area (Å²) in [7, 11) is 1.90. The van der Waals surface area contributed by atoms with E-state index in [1.807, 2.05) is 8.93 Å². The largest absolute Gasteiger partial charge is 0.0882 e. The minimum Gasteiger partial charge on any atom is -0.0764 e. The Morgan fingerprint density at radius 2 is 2.27 bits per heavy atom.